The molecule has 2 unspecified atom stereocenters. The number of rotatable bonds is 7. The van der Waals surface area contributed by atoms with E-state index < -0.39 is 6.10 Å². The van der Waals surface area contributed by atoms with Gasteiger partial charge in [0.2, 0.25) is 0 Å². The minimum absolute atomic E-state index is 0.121. The summed E-state index contributed by atoms with van der Waals surface area (Å²) in [6.07, 6.45) is -0.674. The zero-order valence-corrected chi connectivity index (χ0v) is 16.1. The van der Waals surface area contributed by atoms with Crippen LogP contribution in [0.4, 0.5) is 0 Å². The average molecular weight is 387 g/mol. The zero-order valence-electron chi connectivity index (χ0n) is 13.8. The fourth-order valence-corrected chi connectivity index (χ4v) is 3.44. The first kappa shape index (κ1) is 19.1. The molecule has 130 valence electrons. The largest absolute Gasteiger partial charge is 0.479 e. The maximum Gasteiger partial charge on any atom is 0.260 e. The summed E-state index contributed by atoms with van der Waals surface area (Å²) in [5.41, 5.74) is 0. The summed E-state index contributed by atoms with van der Waals surface area (Å²) in [6, 6.07) is 9.28. The zero-order chi connectivity index (χ0) is 17.7. The van der Waals surface area contributed by atoms with Gasteiger partial charge in [-0.25, -0.2) is 0 Å². The minimum Gasteiger partial charge on any atom is -0.479 e. The highest BCUT2D eigenvalue weighted by atomic mass is 35.5. The molecule has 0 aliphatic heterocycles. The van der Waals surface area contributed by atoms with Crippen molar-refractivity contribution in [3.8, 4) is 5.75 Å². The summed E-state index contributed by atoms with van der Waals surface area (Å²) < 4.78 is 5.63. The van der Waals surface area contributed by atoms with Crippen molar-refractivity contribution < 1.29 is 9.53 Å². The van der Waals surface area contributed by atoms with Crippen molar-refractivity contribution in [3.05, 3.63) is 50.6 Å². The molecule has 7 heteroatoms. The molecule has 0 saturated heterocycles. The fraction of sp³-hybridized carbons (Fsp3) is 0.353. The number of carbonyl (C=O) groups excluding carboxylic acids is 1. The molecule has 1 N–H and O–H groups in total. The predicted molar refractivity (Wildman–Crippen MR) is 100 cm³/mol. The van der Waals surface area contributed by atoms with E-state index in [0.717, 1.165) is 0 Å². The number of nitrogens with one attached hydrogen (secondary N) is 1. The summed E-state index contributed by atoms with van der Waals surface area (Å²) in [5, 5.41) is 5.66. The first-order valence-electron chi connectivity index (χ1n) is 7.48. The molecule has 2 aromatic rings. The summed E-state index contributed by atoms with van der Waals surface area (Å²) in [5.74, 6) is 0.198. The molecule has 0 aliphatic rings. The second-order valence-corrected chi connectivity index (χ2v) is 7.32. The molecule has 1 aromatic heterocycles. The van der Waals surface area contributed by atoms with Crippen molar-refractivity contribution in [2.24, 2.45) is 0 Å². The number of carbonyl (C=O) groups is 1. The SMILES string of the molecule is CC(Oc1cccc(Cl)c1Cl)C(=O)NCC(c1cccs1)N(C)C. The Morgan fingerprint density at radius 3 is 2.67 bits per heavy atom. The Bertz CT molecular complexity index is 677. The Kier molecular flexibility index (Phi) is 6.92. The maximum absolute atomic E-state index is 12.3. The quantitative estimate of drug-likeness (QED) is 0.773. The van der Waals surface area contributed by atoms with Crippen LogP contribution in [0.3, 0.4) is 0 Å². The van der Waals surface area contributed by atoms with E-state index in [2.05, 4.69) is 16.3 Å². The van der Waals surface area contributed by atoms with E-state index in [1.807, 2.05) is 25.5 Å². The molecule has 2 rings (SSSR count). The second-order valence-electron chi connectivity index (χ2n) is 5.55. The number of hydrogen-bond donors (Lipinski definition) is 1. The van der Waals surface area contributed by atoms with E-state index in [1.54, 1.807) is 36.5 Å². The van der Waals surface area contributed by atoms with Crippen LogP contribution in [-0.2, 0) is 4.79 Å². The highest BCUT2D eigenvalue weighted by Gasteiger charge is 2.20. The van der Waals surface area contributed by atoms with Crippen LogP contribution in [0.2, 0.25) is 10.0 Å². The Labute approximate surface area is 156 Å². The predicted octanol–water partition coefficient (Wildman–Crippen LogP) is 4.24. The first-order valence-corrected chi connectivity index (χ1v) is 9.12. The lowest BCUT2D eigenvalue weighted by Gasteiger charge is -2.24. The van der Waals surface area contributed by atoms with Gasteiger partial charge in [-0.3, -0.25) is 4.79 Å². The lowest BCUT2D eigenvalue weighted by atomic mass is 10.2. The summed E-state index contributed by atoms with van der Waals surface area (Å²) in [7, 11) is 3.98. The fourth-order valence-electron chi connectivity index (χ4n) is 2.18. The average Bonchev–Trinajstić information content (AvgIpc) is 3.05. The van der Waals surface area contributed by atoms with Crippen LogP contribution in [0.25, 0.3) is 0 Å². The molecular weight excluding hydrogens is 367 g/mol. The van der Waals surface area contributed by atoms with Crippen molar-refractivity contribution in [3.63, 3.8) is 0 Å². The molecule has 0 fully saturated rings. The van der Waals surface area contributed by atoms with Crippen LogP contribution >= 0.6 is 34.5 Å². The van der Waals surface area contributed by atoms with E-state index in [-0.39, 0.29) is 11.9 Å². The molecule has 0 aliphatic carbocycles. The van der Waals surface area contributed by atoms with Gasteiger partial charge in [0.25, 0.3) is 5.91 Å². The van der Waals surface area contributed by atoms with Crippen LogP contribution in [0.15, 0.2) is 35.7 Å². The van der Waals surface area contributed by atoms with Crippen LogP contribution < -0.4 is 10.1 Å². The van der Waals surface area contributed by atoms with Crippen molar-refractivity contribution in [2.45, 2.75) is 19.1 Å². The van der Waals surface area contributed by atoms with Crippen molar-refractivity contribution in [2.75, 3.05) is 20.6 Å². The third kappa shape index (κ3) is 4.86. The molecule has 0 bridgehead atoms. The lowest BCUT2D eigenvalue weighted by Crippen LogP contribution is -2.40. The first-order chi connectivity index (χ1) is 11.4. The van der Waals surface area contributed by atoms with Gasteiger partial charge in [0.15, 0.2) is 6.10 Å². The number of amides is 1. The molecule has 4 nitrogen and oxygen atoms in total. The molecule has 0 saturated carbocycles. The minimum atomic E-state index is -0.674. The molecule has 24 heavy (non-hydrogen) atoms. The van der Waals surface area contributed by atoms with Gasteiger partial charge in [0.05, 0.1) is 11.1 Å². The highest BCUT2D eigenvalue weighted by molar-refractivity contribution is 7.10. The van der Waals surface area contributed by atoms with Gasteiger partial charge < -0.3 is 15.0 Å². The van der Waals surface area contributed by atoms with Gasteiger partial charge in [0, 0.05) is 11.4 Å². The molecule has 1 aromatic carbocycles. The Morgan fingerprint density at radius 1 is 1.29 bits per heavy atom. The van der Waals surface area contributed by atoms with Crippen LogP contribution in [0.1, 0.15) is 17.8 Å². The summed E-state index contributed by atoms with van der Waals surface area (Å²) >= 11 is 13.7. The standard InChI is InChI=1S/C17H20Cl2N2O2S/c1-11(23-14-7-4-6-12(18)16(14)19)17(22)20-10-13(21(2)3)15-8-5-9-24-15/h4-9,11,13H,10H2,1-3H3,(H,20,22). The molecule has 1 heterocycles. The topological polar surface area (TPSA) is 41.6 Å². The summed E-state index contributed by atoms with van der Waals surface area (Å²) in [6.45, 7) is 2.19. The van der Waals surface area contributed by atoms with Crippen molar-refractivity contribution in [1.29, 1.82) is 0 Å². The van der Waals surface area contributed by atoms with E-state index in [4.69, 9.17) is 27.9 Å². The Hall–Kier alpha value is -1.27. The number of hydrogen-bond acceptors (Lipinski definition) is 4. The number of benzene rings is 1. The molecule has 1 amide bonds. The molecular formula is C17H20Cl2N2O2S. The molecule has 0 radical (unpaired) electrons. The highest BCUT2D eigenvalue weighted by Crippen LogP contribution is 2.32. The van der Waals surface area contributed by atoms with E-state index in [9.17, 15) is 4.79 Å². The Balaban J connectivity index is 1.95. The summed E-state index contributed by atoms with van der Waals surface area (Å²) in [4.78, 5) is 15.6. The van der Waals surface area contributed by atoms with Crippen LogP contribution in [0, 0.1) is 0 Å². The molecule has 2 atom stereocenters. The number of ether oxygens (including phenoxy) is 1. The van der Waals surface area contributed by atoms with E-state index >= 15 is 0 Å². The maximum atomic E-state index is 12.3. The number of thiophene rings is 1. The van der Waals surface area contributed by atoms with Crippen LogP contribution in [0.5, 0.6) is 5.75 Å². The second kappa shape index (κ2) is 8.72. The van der Waals surface area contributed by atoms with Crippen molar-refractivity contribution in [1.82, 2.24) is 10.2 Å². The van der Waals surface area contributed by atoms with Crippen molar-refractivity contribution >= 4 is 40.4 Å². The number of halogens is 2. The van der Waals surface area contributed by atoms with Gasteiger partial charge in [0.1, 0.15) is 10.8 Å². The van der Waals surface area contributed by atoms with E-state index in [0.29, 0.717) is 22.3 Å². The number of likely N-dealkylation sites (N-methyl/N-ethyl adjacent to an activating group) is 1. The van der Waals surface area contributed by atoms with Crippen LogP contribution in [-0.4, -0.2) is 37.6 Å². The lowest BCUT2D eigenvalue weighted by molar-refractivity contribution is -0.127. The van der Waals surface area contributed by atoms with Gasteiger partial charge in [-0.2, -0.15) is 0 Å². The van der Waals surface area contributed by atoms with Gasteiger partial charge >= 0.3 is 0 Å². The van der Waals surface area contributed by atoms with Gasteiger partial charge in [-0.05, 0) is 44.6 Å². The Morgan fingerprint density at radius 2 is 2.04 bits per heavy atom. The smallest absolute Gasteiger partial charge is 0.260 e. The molecule has 0 spiro atoms. The van der Waals surface area contributed by atoms with Gasteiger partial charge in [-0.1, -0.05) is 35.3 Å². The number of nitrogens with zero attached hydrogens (tertiary/aromatic N) is 1. The normalized spacial score (nSPS) is 13.6. The monoisotopic (exact) mass is 386 g/mol. The third-order valence-corrected chi connectivity index (χ3v) is 5.33. The third-order valence-electron chi connectivity index (χ3n) is 3.55. The van der Waals surface area contributed by atoms with Gasteiger partial charge in [-0.15, -0.1) is 11.3 Å². The van der Waals surface area contributed by atoms with E-state index in [1.165, 1.54) is 4.88 Å².